The van der Waals surface area contributed by atoms with Gasteiger partial charge in [-0.1, -0.05) is 333 Å². The Morgan fingerprint density at radius 1 is 0.354 bits per heavy atom. The van der Waals surface area contributed by atoms with Crippen molar-refractivity contribution in [2.75, 3.05) is 13.2 Å². The molecule has 2 unspecified atom stereocenters. The van der Waals surface area contributed by atoms with Crippen LogP contribution in [0.2, 0.25) is 0 Å². The van der Waals surface area contributed by atoms with Crippen LogP contribution in [-0.2, 0) is 14.3 Å². The fourth-order valence-corrected chi connectivity index (χ4v) is 11.2. The van der Waals surface area contributed by atoms with E-state index < -0.39 is 12.1 Å². The van der Waals surface area contributed by atoms with Gasteiger partial charge in [0.15, 0.2) is 0 Å². The van der Waals surface area contributed by atoms with Gasteiger partial charge in [0.25, 0.3) is 0 Å². The van der Waals surface area contributed by atoms with E-state index in [1.165, 1.54) is 308 Å². The molecule has 2 atom stereocenters. The average molecular weight is 1110 g/mol. The highest BCUT2D eigenvalue weighted by Crippen LogP contribution is 2.18. The maximum Gasteiger partial charge on any atom is 0.305 e. The molecule has 0 aromatic heterocycles. The Bertz CT molecular complexity index is 1280. The first-order valence-electron chi connectivity index (χ1n) is 35.7. The number of esters is 1. The molecule has 79 heavy (non-hydrogen) atoms. The smallest absolute Gasteiger partial charge is 0.305 e. The third kappa shape index (κ3) is 65.1. The van der Waals surface area contributed by atoms with Gasteiger partial charge in [-0.2, -0.15) is 0 Å². The summed E-state index contributed by atoms with van der Waals surface area (Å²) in [5, 5.41) is 23.3. The molecule has 0 spiro atoms. The number of aliphatic hydroxyl groups excluding tert-OH is 2. The average Bonchev–Trinajstić information content (AvgIpc) is 3.45. The second kappa shape index (κ2) is 68.6. The molecule has 466 valence electrons. The lowest BCUT2D eigenvalue weighted by molar-refractivity contribution is -0.143. The molecule has 0 rings (SSSR count). The number of hydrogen-bond donors (Lipinski definition) is 3. The molecule has 0 aromatic rings. The maximum atomic E-state index is 12.5. The Labute approximate surface area is 494 Å². The van der Waals surface area contributed by atoms with E-state index in [0.717, 1.165) is 51.4 Å². The number of ether oxygens (including phenoxy) is 1. The molecule has 0 aromatic carbocycles. The van der Waals surface area contributed by atoms with Crippen molar-refractivity contribution in [3.8, 4) is 0 Å². The van der Waals surface area contributed by atoms with Crippen molar-refractivity contribution in [2.45, 2.75) is 405 Å². The molecule has 0 radical (unpaired) electrons. The van der Waals surface area contributed by atoms with Gasteiger partial charge in [0.2, 0.25) is 5.91 Å². The highest BCUT2D eigenvalue weighted by Gasteiger charge is 2.20. The van der Waals surface area contributed by atoms with Gasteiger partial charge in [-0.3, -0.25) is 9.59 Å². The summed E-state index contributed by atoms with van der Waals surface area (Å²) < 4.78 is 5.48. The first-order valence-corrected chi connectivity index (χ1v) is 35.7. The van der Waals surface area contributed by atoms with E-state index in [4.69, 9.17) is 4.74 Å². The van der Waals surface area contributed by atoms with E-state index in [1.54, 1.807) is 0 Å². The number of rotatable bonds is 67. The van der Waals surface area contributed by atoms with Crippen LogP contribution in [0.4, 0.5) is 0 Å². The molecule has 0 aliphatic heterocycles. The normalized spacial score (nSPS) is 12.7. The molecule has 3 N–H and O–H groups in total. The Hall–Kier alpha value is -1.92. The molecular weight excluding hydrogens is 971 g/mol. The number of nitrogens with one attached hydrogen (secondary N) is 1. The summed E-state index contributed by atoms with van der Waals surface area (Å²) in [6, 6.07) is -0.539. The van der Waals surface area contributed by atoms with Crippen LogP contribution in [-0.4, -0.2) is 47.4 Å². The molecule has 1 amide bonds. The van der Waals surface area contributed by atoms with Crippen molar-refractivity contribution in [2.24, 2.45) is 0 Å². The summed E-state index contributed by atoms with van der Waals surface area (Å²) in [7, 11) is 0. The van der Waals surface area contributed by atoms with Crippen molar-refractivity contribution >= 4 is 11.9 Å². The number of carbonyl (C=O) groups is 2. The minimum absolute atomic E-state index is 0.00850. The van der Waals surface area contributed by atoms with Crippen molar-refractivity contribution in [1.82, 2.24) is 5.32 Å². The topological polar surface area (TPSA) is 95.9 Å². The third-order valence-electron chi connectivity index (χ3n) is 16.7. The standard InChI is InChI=1S/C73H139NO5/c1-3-5-7-9-11-13-15-17-43-47-51-55-59-63-67-73(78)79-68-64-60-56-52-48-44-40-38-36-34-32-30-28-26-24-22-20-18-19-21-23-25-27-29-31-33-35-37-39-42-46-50-54-58-62-66-72(77)74-70(69-75)71(76)65-61-57-53-49-45-41-16-14-12-10-8-6-4-2/h15,17,20,22,26,28,70-71,75-76H,3-14,16,18-19,21,23-25,27,29-69H2,1-2H3,(H,74,77)/b17-15-,22-20-,28-26-. The Kier molecular flexibility index (Phi) is 66.9. The summed E-state index contributed by atoms with van der Waals surface area (Å²) in [6.07, 6.45) is 87.8. The summed E-state index contributed by atoms with van der Waals surface area (Å²) in [5.41, 5.74) is 0. The molecule has 0 fully saturated rings. The molecule has 0 bridgehead atoms. The van der Waals surface area contributed by atoms with Gasteiger partial charge in [-0.25, -0.2) is 0 Å². The lowest BCUT2D eigenvalue weighted by Crippen LogP contribution is -2.45. The van der Waals surface area contributed by atoms with Crippen molar-refractivity contribution in [1.29, 1.82) is 0 Å². The van der Waals surface area contributed by atoms with Crippen LogP contribution in [0.5, 0.6) is 0 Å². The van der Waals surface area contributed by atoms with Gasteiger partial charge < -0.3 is 20.3 Å². The second-order valence-corrected chi connectivity index (χ2v) is 24.6. The minimum atomic E-state index is -0.662. The van der Waals surface area contributed by atoms with Gasteiger partial charge in [-0.15, -0.1) is 0 Å². The SMILES string of the molecule is CCCCCCC/C=C\CCCCCCCC(=O)OCCCCCCCCCCCCC/C=C\C/C=C\CCCCCCCCCCCCCCCCCCCC(=O)NC(CO)C(O)CCCCCCCCCCCCCCC. The predicted molar refractivity (Wildman–Crippen MR) is 347 cm³/mol. The monoisotopic (exact) mass is 1110 g/mol. The number of allylic oxidation sites excluding steroid dienone is 6. The lowest BCUT2D eigenvalue weighted by Gasteiger charge is -2.22. The van der Waals surface area contributed by atoms with E-state index in [9.17, 15) is 19.8 Å². The van der Waals surface area contributed by atoms with E-state index in [0.29, 0.717) is 25.9 Å². The van der Waals surface area contributed by atoms with Gasteiger partial charge in [0, 0.05) is 12.8 Å². The largest absolute Gasteiger partial charge is 0.466 e. The maximum absolute atomic E-state index is 12.5. The van der Waals surface area contributed by atoms with Crippen LogP contribution in [0.15, 0.2) is 36.5 Å². The summed E-state index contributed by atoms with van der Waals surface area (Å²) in [5.74, 6) is -0.0224. The number of hydrogen-bond acceptors (Lipinski definition) is 5. The quantitative estimate of drug-likeness (QED) is 0.0320. The van der Waals surface area contributed by atoms with Crippen molar-refractivity contribution in [3.05, 3.63) is 36.5 Å². The molecule has 0 saturated carbocycles. The second-order valence-electron chi connectivity index (χ2n) is 24.6. The molecule has 0 aliphatic rings. The Morgan fingerprint density at radius 3 is 0.975 bits per heavy atom. The zero-order chi connectivity index (χ0) is 57.1. The molecule has 6 heteroatoms. The summed E-state index contributed by atoms with van der Waals surface area (Å²) in [6.45, 7) is 4.96. The molecule has 0 saturated heterocycles. The van der Waals surface area contributed by atoms with Crippen molar-refractivity contribution < 1.29 is 24.5 Å². The summed E-state index contributed by atoms with van der Waals surface area (Å²) >= 11 is 0. The van der Waals surface area contributed by atoms with Crippen LogP contribution < -0.4 is 5.32 Å². The van der Waals surface area contributed by atoms with Crippen molar-refractivity contribution in [3.63, 3.8) is 0 Å². The molecule has 6 nitrogen and oxygen atoms in total. The molecular formula is C73H139NO5. The first-order chi connectivity index (χ1) is 39.0. The first kappa shape index (κ1) is 77.1. The van der Waals surface area contributed by atoms with Gasteiger partial charge >= 0.3 is 5.97 Å². The molecule has 0 aliphatic carbocycles. The highest BCUT2D eigenvalue weighted by atomic mass is 16.5. The van der Waals surface area contributed by atoms with Crippen LogP contribution in [0, 0.1) is 0 Å². The van der Waals surface area contributed by atoms with Gasteiger partial charge in [0.1, 0.15) is 0 Å². The van der Waals surface area contributed by atoms with Gasteiger partial charge in [-0.05, 0) is 83.5 Å². The third-order valence-corrected chi connectivity index (χ3v) is 16.7. The van der Waals surface area contributed by atoms with Crippen LogP contribution >= 0.6 is 0 Å². The van der Waals surface area contributed by atoms with Crippen LogP contribution in [0.1, 0.15) is 393 Å². The predicted octanol–water partition coefficient (Wildman–Crippen LogP) is 23.1. The minimum Gasteiger partial charge on any atom is -0.466 e. The fourth-order valence-electron chi connectivity index (χ4n) is 11.2. The zero-order valence-corrected chi connectivity index (χ0v) is 53.4. The van der Waals surface area contributed by atoms with Crippen LogP contribution in [0.3, 0.4) is 0 Å². The number of amides is 1. The number of unbranched alkanes of at least 4 members (excludes halogenated alkanes) is 50. The van der Waals surface area contributed by atoms with E-state index >= 15 is 0 Å². The van der Waals surface area contributed by atoms with Gasteiger partial charge in [0.05, 0.1) is 25.4 Å². The van der Waals surface area contributed by atoms with E-state index in [-0.39, 0.29) is 18.5 Å². The van der Waals surface area contributed by atoms with Crippen LogP contribution in [0.25, 0.3) is 0 Å². The Morgan fingerprint density at radius 2 is 0.633 bits per heavy atom. The molecule has 0 heterocycles. The van der Waals surface area contributed by atoms with E-state index in [2.05, 4.69) is 55.6 Å². The van der Waals surface area contributed by atoms with E-state index in [1.807, 2.05) is 0 Å². The summed E-state index contributed by atoms with van der Waals surface area (Å²) in [4.78, 5) is 24.5. The number of carbonyl (C=O) groups excluding carboxylic acids is 2. The highest BCUT2D eigenvalue weighted by molar-refractivity contribution is 5.76. The fraction of sp³-hybridized carbons (Fsp3) is 0.890. The lowest BCUT2D eigenvalue weighted by atomic mass is 10.0. The zero-order valence-electron chi connectivity index (χ0n) is 53.4. The Balaban J connectivity index is 3.36. The number of aliphatic hydroxyl groups is 2.